The zero-order chi connectivity index (χ0) is 24.4. The molecule has 0 spiro atoms. The first kappa shape index (κ1) is 23.4. The number of anilines is 1. The number of aromatic nitrogens is 4. The van der Waals surface area contributed by atoms with Crippen LogP contribution in [0.15, 0.2) is 54.9 Å². The van der Waals surface area contributed by atoms with Gasteiger partial charge in [-0.25, -0.2) is 19.3 Å². The van der Waals surface area contributed by atoms with Crippen molar-refractivity contribution in [2.75, 3.05) is 18.0 Å². The van der Waals surface area contributed by atoms with Crippen LogP contribution in [0.4, 0.5) is 10.3 Å². The zero-order valence-electron chi connectivity index (χ0n) is 20.7. The second kappa shape index (κ2) is 10.1. The third-order valence-corrected chi connectivity index (χ3v) is 7.15. The van der Waals surface area contributed by atoms with Crippen molar-refractivity contribution in [3.05, 3.63) is 83.3 Å². The third kappa shape index (κ3) is 5.20. The molecule has 1 saturated heterocycles. The smallest absolute Gasteiger partial charge is 0.226 e. The molecular formula is C28H33FN6. The van der Waals surface area contributed by atoms with Gasteiger partial charge in [-0.2, -0.15) is 0 Å². The largest absolute Gasteiger partial charge is 0.341 e. The molecule has 1 aliphatic heterocycles. The lowest BCUT2D eigenvalue weighted by Crippen LogP contribution is -2.44. The van der Waals surface area contributed by atoms with E-state index in [1.807, 2.05) is 26.1 Å². The molecule has 5 rings (SSSR count). The first-order chi connectivity index (χ1) is 17.0. The topological polar surface area (TPSA) is 58.9 Å². The van der Waals surface area contributed by atoms with Crippen molar-refractivity contribution in [2.45, 2.75) is 58.7 Å². The van der Waals surface area contributed by atoms with Crippen molar-refractivity contribution in [1.29, 1.82) is 0 Å². The van der Waals surface area contributed by atoms with E-state index in [-0.39, 0.29) is 11.9 Å². The molecule has 2 aromatic heterocycles. The van der Waals surface area contributed by atoms with E-state index in [4.69, 9.17) is 9.97 Å². The molecule has 0 amide bonds. The van der Waals surface area contributed by atoms with Gasteiger partial charge in [-0.3, -0.25) is 0 Å². The van der Waals surface area contributed by atoms with Gasteiger partial charge >= 0.3 is 0 Å². The molecular weight excluding hydrogens is 439 g/mol. The van der Waals surface area contributed by atoms with Gasteiger partial charge in [0.15, 0.2) is 0 Å². The molecule has 0 unspecified atom stereocenters. The Bertz CT molecular complexity index is 1290. The van der Waals surface area contributed by atoms with Gasteiger partial charge < -0.3 is 14.8 Å². The summed E-state index contributed by atoms with van der Waals surface area (Å²) in [5.74, 6) is 1.53. The van der Waals surface area contributed by atoms with Crippen LogP contribution in [0.2, 0.25) is 0 Å². The summed E-state index contributed by atoms with van der Waals surface area (Å²) in [4.78, 5) is 16.1. The molecule has 1 N–H and O–H groups in total. The minimum Gasteiger partial charge on any atom is -0.341 e. The molecule has 4 aromatic rings. The van der Waals surface area contributed by atoms with Gasteiger partial charge in [0.1, 0.15) is 11.6 Å². The monoisotopic (exact) mass is 472 g/mol. The predicted octanol–water partition coefficient (Wildman–Crippen LogP) is 5.28. The molecule has 1 aliphatic rings. The zero-order valence-corrected chi connectivity index (χ0v) is 20.7. The van der Waals surface area contributed by atoms with E-state index in [1.165, 1.54) is 11.6 Å². The van der Waals surface area contributed by atoms with Gasteiger partial charge in [0.05, 0.1) is 11.2 Å². The fourth-order valence-electron chi connectivity index (χ4n) is 5.01. The van der Waals surface area contributed by atoms with Gasteiger partial charge in [0, 0.05) is 55.6 Å². The highest BCUT2D eigenvalue weighted by Gasteiger charge is 2.24. The number of halogens is 1. The Hall–Kier alpha value is -3.32. The number of rotatable bonds is 7. The van der Waals surface area contributed by atoms with Gasteiger partial charge in [0.2, 0.25) is 5.95 Å². The van der Waals surface area contributed by atoms with Crippen LogP contribution in [-0.2, 0) is 6.54 Å². The van der Waals surface area contributed by atoms with E-state index in [2.05, 4.69) is 56.3 Å². The third-order valence-electron chi connectivity index (χ3n) is 7.15. The van der Waals surface area contributed by atoms with E-state index in [0.29, 0.717) is 23.1 Å². The van der Waals surface area contributed by atoms with Crippen LogP contribution in [0.3, 0.4) is 0 Å². The van der Waals surface area contributed by atoms with Crippen molar-refractivity contribution in [2.24, 2.45) is 0 Å². The second-order valence-electron chi connectivity index (χ2n) is 9.58. The Morgan fingerprint density at radius 2 is 1.83 bits per heavy atom. The van der Waals surface area contributed by atoms with Crippen molar-refractivity contribution >= 4 is 16.9 Å². The summed E-state index contributed by atoms with van der Waals surface area (Å²) in [6.45, 7) is 8.48. The van der Waals surface area contributed by atoms with Gasteiger partial charge in [-0.05, 0) is 57.2 Å². The summed E-state index contributed by atoms with van der Waals surface area (Å²) < 4.78 is 16.4. The van der Waals surface area contributed by atoms with Gasteiger partial charge in [0.25, 0.3) is 0 Å². The van der Waals surface area contributed by atoms with Crippen molar-refractivity contribution in [3.8, 4) is 0 Å². The summed E-state index contributed by atoms with van der Waals surface area (Å²) in [5.41, 5.74) is 3.51. The number of piperidine rings is 1. The van der Waals surface area contributed by atoms with Crippen LogP contribution in [0.5, 0.6) is 0 Å². The van der Waals surface area contributed by atoms with Crippen LogP contribution < -0.4 is 10.2 Å². The van der Waals surface area contributed by atoms with Crippen molar-refractivity contribution in [3.63, 3.8) is 0 Å². The molecule has 182 valence electrons. The maximum absolute atomic E-state index is 14.2. The maximum atomic E-state index is 14.2. The number of imidazole rings is 1. The number of fused-ring (bicyclic) bond motifs is 1. The highest BCUT2D eigenvalue weighted by atomic mass is 19.1. The number of aryl methyl sites for hydroxylation is 4. The summed E-state index contributed by atoms with van der Waals surface area (Å²) >= 11 is 0. The van der Waals surface area contributed by atoms with Crippen molar-refractivity contribution < 1.29 is 4.39 Å². The fourth-order valence-corrected chi connectivity index (χ4v) is 5.01. The summed E-state index contributed by atoms with van der Waals surface area (Å²) in [7, 11) is 0. The lowest BCUT2D eigenvalue weighted by Gasteiger charge is -2.35. The van der Waals surface area contributed by atoms with Gasteiger partial charge in [-0.1, -0.05) is 30.3 Å². The highest BCUT2D eigenvalue weighted by molar-refractivity contribution is 5.82. The van der Waals surface area contributed by atoms with Crippen molar-refractivity contribution in [1.82, 2.24) is 24.8 Å². The molecule has 0 saturated carbocycles. The average molecular weight is 473 g/mol. The highest BCUT2D eigenvalue weighted by Crippen LogP contribution is 2.26. The summed E-state index contributed by atoms with van der Waals surface area (Å²) in [6, 6.07) is 14.8. The molecule has 2 aromatic carbocycles. The SMILES string of the molecule is Cc1cc2c(C)nc(N3CCC(N[C@H](CCn4ccnc4C)c4ccccc4)CC3)nc2cc1F. The Kier molecular flexibility index (Phi) is 6.77. The molecule has 7 heteroatoms. The summed E-state index contributed by atoms with van der Waals surface area (Å²) in [5, 5.41) is 4.85. The normalized spacial score (nSPS) is 15.6. The average Bonchev–Trinajstić information content (AvgIpc) is 3.28. The predicted molar refractivity (Wildman–Crippen MR) is 138 cm³/mol. The van der Waals surface area contributed by atoms with Crippen LogP contribution in [0.1, 0.15) is 47.9 Å². The molecule has 1 atom stereocenters. The van der Waals surface area contributed by atoms with E-state index in [9.17, 15) is 4.39 Å². The minimum absolute atomic E-state index is 0.220. The number of benzene rings is 2. The van der Waals surface area contributed by atoms with Crippen LogP contribution in [-0.4, -0.2) is 38.7 Å². The Balaban J connectivity index is 1.26. The van der Waals surface area contributed by atoms with E-state index < -0.39 is 0 Å². The molecule has 0 bridgehead atoms. The fraction of sp³-hybridized carbons (Fsp3) is 0.393. The van der Waals surface area contributed by atoms with Gasteiger partial charge in [-0.15, -0.1) is 0 Å². The maximum Gasteiger partial charge on any atom is 0.226 e. The van der Waals surface area contributed by atoms with E-state index in [1.54, 1.807) is 6.92 Å². The second-order valence-corrected chi connectivity index (χ2v) is 9.58. The molecule has 0 aliphatic carbocycles. The first-order valence-electron chi connectivity index (χ1n) is 12.5. The number of nitrogens with zero attached hydrogens (tertiary/aromatic N) is 5. The molecule has 3 heterocycles. The first-order valence-corrected chi connectivity index (χ1v) is 12.5. The van der Waals surface area contributed by atoms with Crippen LogP contribution >= 0.6 is 0 Å². The molecule has 1 fully saturated rings. The van der Waals surface area contributed by atoms with Crippen LogP contribution in [0, 0.1) is 26.6 Å². The van der Waals surface area contributed by atoms with E-state index in [0.717, 1.165) is 55.8 Å². The number of nitrogens with one attached hydrogen (secondary N) is 1. The van der Waals surface area contributed by atoms with E-state index >= 15 is 0 Å². The van der Waals surface area contributed by atoms with Crippen LogP contribution in [0.25, 0.3) is 10.9 Å². The number of hydrogen-bond acceptors (Lipinski definition) is 5. The lowest BCUT2D eigenvalue weighted by atomic mass is 9.99. The Morgan fingerprint density at radius 1 is 1.06 bits per heavy atom. The Morgan fingerprint density at radius 3 is 2.54 bits per heavy atom. The molecule has 0 radical (unpaired) electrons. The quantitative estimate of drug-likeness (QED) is 0.397. The Labute approximate surface area is 206 Å². The lowest BCUT2D eigenvalue weighted by molar-refractivity contribution is 0.347. The standard InChI is InChI=1S/C28H33FN6/c1-19-17-24-20(2)31-28(33-27(24)18-25(19)29)35-13-9-23(10-14-35)32-26(22-7-5-4-6-8-22)11-15-34-16-12-30-21(34)3/h4-8,12,16-18,23,26,32H,9-11,13-15H2,1-3H3/t26-/m1/s1. The summed E-state index contributed by atoms with van der Waals surface area (Å²) in [6.07, 6.45) is 6.93. The number of hydrogen-bond donors (Lipinski definition) is 1. The minimum atomic E-state index is -0.220. The molecule has 35 heavy (non-hydrogen) atoms. The molecule has 6 nitrogen and oxygen atoms in total.